The van der Waals surface area contributed by atoms with Crippen LogP contribution in [0.5, 0.6) is 5.75 Å². The van der Waals surface area contributed by atoms with Gasteiger partial charge in [-0.3, -0.25) is 0 Å². The molecule has 4 aromatic carbocycles. The van der Waals surface area contributed by atoms with Crippen molar-refractivity contribution in [2.24, 2.45) is 0 Å². The van der Waals surface area contributed by atoms with Crippen LogP contribution >= 0.6 is 0 Å². The van der Waals surface area contributed by atoms with Crippen LogP contribution in [0.4, 0.5) is 13.2 Å². The smallest absolute Gasteiger partial charge is 0.166 e. The summed E-state index contributed by atoms with van der Waals surface area (Å²) in [5.41, 5.74) is 4.94. The molecule has 0 saturated carbocycles. The normalized spacial score (nSPS) is 10.9. The van der Waals surface area contributed by atoms with Crippen molar-refractivity contribution >= 4 is 0 Å². The van der Waals surface area contributed by atoms with Crippen LogP contribution in [-0.2, 0) is 12.8 Å². The van der Waals surface area contributed by atoms with E-state index < -0.39 is 17.5 Å². The van der Waals surface area contributed by atoms with Crippen molar-refractivity contribution in [3.05, 3.63) is 126 Å². The second-order valence-electron chi connectivity index (χ2n) is 8.89. The first-order valence-corrected chi connectivity index (χ1v) is 12.1. The minimum absolute atomic E-state index is 0.238. The Hall–Kier alpha value is -3.79. The molecule has 0 amide bonds. The third-order valence-corrected chi connectivity index (χ3v) is 6.24. The van der Waals surface area contributed by atoms with E-state index in [0.717, 1.165) is 35.1 Å². The lowest BCUT2D eigenvalue weighted by Gasteiger charge is -2.10. The molecule has 0 unspecified atom stereocenters. The third-order valence-electron chi connectivity index (χ3n) is 6.24. The van der Waals surface area contributed by atoms with Gasteiger partial charge in [-0.2, -0.15) is 0 Å². The fraction of sp³-hybridized carbons (Fsp3) is 0.188. The van der Waals surface area contributed by atoms with Crippen LogP contribution in [0.1, 0.15) is 29.5 Å². The van der Waals surface area contributed by atoms with Gasteiger partial charge in [0.15, 0.2) is 23.2 Å². The Labute approximate surface area is 210 Å². The zero-order valence-corrected chi connectivity index (χ0v) is 20.4. The molecule has 0 aromatic heterocycles. The fourth-order valence-electron chi connectivity index (χ4n) is 4.09. The van der Waals surface area contributed by atoms with E-state index in [1.54, 1.807) is 30.3 Å². The maximum absolute atomic E-state index is 14.8. The highest BCUT2D eigenvalue weighted by molar-refractivity contribution is 5.66. The average molecular weight is 487 g/mol. The minimum Gasteiger partial charge on any atom is -0.491 e. The number of rotatable bonds is 10. The van der Waals surface area contributed by atoms with Crippen molar-refractivity contribution in [3.63, 3.8) is 0 Å². The summed E-state index contributed by atoms with van der Waals surface area (Å²) in [5.74, 6) is -1.78. The van der Waals surface area contributed by atoms with E-state index in [-0.39, 0.29) is 11.3 Å². The number of benzene rings is 4. The molecule has 4 heteroatoms. The van der Waals surface area contributed by atoms with Crippen molar-refractivity contribution in [3.8, 4) is 28.0 Å². The first-order valence-electron chi connectivity index (χ1n) is 12.1. The Kier molecular flexibility index (Phi) is 8.27. The molecule has 0 fully saturated rings. The summed E-state index contributed by atoms with van der Waals surface area (Å²) < 4.78 is 49.5. The summed E-state index contributed by atoms with van der Waals surface area (Å²) in [6.45, 7) is 6.05. The van der Waals surface area contributed by atoms with Gasteiger partial charge in [-0.1, -0.05) is 78.4 Å². The SMILES string of the molecule is C=CCCCOc1ccc(-c2ccc(CCc3ccc(-c4ccc(C)cc4)c(F)c3F)cc2)cc1F. The van der Waals surface area contributed by atoms with Crippen molar-refractivity contribution in [1.82, 2.24) is 0 Å². The van der Waals surface area contributed by atoms with Gasteiger partial charge in [0.25, 0.3) is 0 Å². The molecule has 0 aliphatic heterocycles. The summed E-state index contributed by atoms with van der Waals surface area (Å²) in [7, 11) is 0. The van der Waals surface area contributed by atoms with E-state index in [9.17, 15) is 13.2 Å². The highest BCUT2D eigenvalue weighted by Crippen LogP contribution is 2.29. The van der Waals surface area contributed by atoms with Gasteiger partial charge in [-0.05, 0) is 72.6 Å². The van der Waals surface area contributed by atoms with Crippen molar-refractivity contribution < 1.29 is 17.9 Å². The Bertz CT molecular complexity index is 1330. The molecule has 4 aromatic rings. The topological polar surface area (TPSA) is 9.23 Å². The lowest BCUT2D eigenvalue weighted by Crippen LogP contribution is -2.00. The Balaban J connectivity index is 1.40. The van der Waals surface area contributed by atoms with Crippen LogP contribution in [-0.4, -0.2) is 6.61 Å². The molecule has 0 atom stereocenters. The molecule has 0 aliphatic rings. The van der Waals surface area contributed by atoms with E-state index in [4.69, 9.17) is 4.74 Å². The summed E-state index contributed by atoms with van der Waals surface area (Å²) in [5, 5.41) is 0. The van der Waals surface area contributed by atoms with Crippen molar-refractivity contribution in [2.45, 2.75) is 32.6 Å². The molecule has 0 heterocycles. The maximum atomic E-state index is 14.8. The molecule has 0 saturated heterocycles. The quantitative estimate of drug-likeness (QED) is 0.161. The maximum Gasteiger partial charge on any atom is 0.166 e. The first kappa shape index (κ1) is 25.3. The number of unbranched alkanes of at least 4 members (excludes halogenated alkanes) is 1. The molecule has 0 bridgehead atoms. The monoisotopic (exact) mass is 486 g/mol. The predicted molar refractivity (Wildman–Crippen MR) is 141 cm³/mol. The Morgan fingerprint density at radius 2 is 1.44 bits per heavy atom. The summed E-state index contributed by atoms with van der Waals surface area (Å²) in [4.78, 5) is 0. The molecule has 1 nitrogen and oxygen atoms in total. The highest BCUT2D eigenvalue weighted by atomic mass is 19.2. The lowest BCUT2D eigenvalue weighted by molar-refractivity contribution is 0.297. The number of aryl methyl sites for hydroxylation is 3. The Morgan fingerprint density at radius 3 is 2.14 bits per heavy atom. The van der Waals surface area contributed by atoms with Gasteiger partial charge in [0, 0.05) is 5.56 Å². The average Bonchev–Trinajstić information content (AvgIpc) is 2.89. The van der Waals surface area contributed by atoms with E-state index in [2.05, 4.69) is 6.58 Å². The Morgan fingerprint density at radius 1 is 0.750 bits per heavy atom. The van der Waals surface area contributed by atoms with E-state index in [1.807, 2.05) is 55.5 Å². The second-order valence-corrected chi connectivity index (χ2v) is 8.89. The number of ether oxygens (including phenoxy) is 1. The largest absolute Gasteiger partial charge is 0.491 e. The second kappa shape index (κ2) is 11.8. The van der Waals surface area contributed by atoms with Crippen LogP contribution in [0.2, 0.25) is 0 Å². The number of allylic oxidation sites excluding steroid dienone is 1. The van der Waals surface area contributed by atoms with Gasteiger partial charge in [0.05, 0.1) is 6.61 Å². The van der Waals surface area contributed by atoms with E-state index >= 15 is 0 Å². The van der Waals surface area contributed by atoms with Crippen LogP contribution < -0.4 is 4.74 Å². The number of hydrogen-bond donors (Lipinski definition) is 0. The van der Waals surface area contributed by atoms with Crippen molar-refractivity contribution in [2.75, 3.05) is 6.61 Å². The lowest BCUT2D eigenvalue weighted by atomic mass is 9.97. The van der Waals surface area contributed by atoms with Crippen LogP contribution in [0.15, 0.2) is 91.5 Å². The van der Waals surface area contributed by atoms with Gasteiger partial charge in [-0.15, -0.1) is 6.58 Å². The number of hydrogen-bond acceptors (Lipinski definition) is 1. The predicted octanol–water partition coefficient (Wildman–Crippen LogP) is 8.88. The fourth-order valence-corrected chi connectivity index (χ4v) is 4.09. The van der Waals surface area contributed by atoms with Gasteiger partial charge in [0.1, 0.15) is 0 Å². The molecule has 0 radical (unpaired) electrons. The van der Waals surface area contributed by atoms with Gasteiger partial charge in [0.2, 0.25) is 0 Å². The van der Waals surface area contributed by atoms with E-state index in [0.29, 0.717) is 30.6 Å². The molecule has 0 aliphatic carbocycles. The third kappa shape index (κ3) is 6.06. The van der Waals surface area contributed by atoms with Gasteiger partial charge < -0.3 is 4.74 Å². The summed E-state index contributed by atoms with van der Waals surface area (Å²) in [6.07, 6.45) is 4.37. The molecule has 4 rings (SSSR count). The first-order chi connectivity index (χ1) is 17.5. The molecule has 36 heavy (non-hydrogen) atoms. The highest BCUT2D eigenvalue weighted by Gasteiger charge is 2.15. The van der Waals surface area contributed by atoms with Gasteiger partial charge in [-0.25, -0.2) is 13.2 Å². The standard InChI is InChI=1S/C32H29F3O/c1-3-4-5-20-36-30-19-17-27(21-29(30)33)24-13-8-23(9-14-24)10-15-26-16-18-28(32(35)31(26)34)25-11-6-22(2)7-12-25/h3,6-9,11-14,16-19,21H,1,4-5,10,15,20H2,2H3. The zero-order chi connectivity index (χ0) is 25.5. The molecule has 0 spiro atoms. The van der Waals surface area contributed by atoms with Crippen LogP contribution in [0.25, 0.3) is 22.3 Å². The van der Waals surface area contributed by atoms with Crippen LogP contribution in [0, 0.1) is 24.4 Å². The molecule has 0 N–H and O–H groups in total. The molecule has 184 valence electrons. The zero-order valence-electron chi connectivity index (χ0n) is 20.4. The van der Waals surface area contributed by atoms with Crippen LogP contribution in [0.3, 0.4) is 0 Å². The summed E-state index contributed by atoms with van der Waals surface area (Å²) >= 11 is 0. The minimum atomic E-state index is -0.818. The number of halogens is 3. The summed E-state index contributed by atoms with van der Waals surface area (Å²) in [6, 6.07) is 23.3. The molecular weight excluding hydrogens is 457 g/mol. The van der Waals surface area contributed by atoms with E-state index in [1.165, 1.54) is 6.07 Å². The molecular formula is C32H29F3O. The van der Waals surface area contributed by atoms with Crippen molar-refractivity contribution in [1.29, 1.82) is 0 Å². The van der Waals surface area contributed by atoms with Gasteiger partial charge >= 0.3 is 0 Å².